The molecule has 3 rings (SSSR count). The molecule has 150 valence electrons. The van der Waals surface area contributed by atoms with Crippen LogP contribution in [0.4, 0.5) is 5.00 Å². The van der Waals surface area contributed by atoms with E-state index in [0.717, 1.165) is 16.7 Å². The molecular weight excluding hydrogens is 396 g/mol. The van der Waals surface area contributed by atoms with E-state index in [2.05, 4.69) is 5.32 Å². The zero-order valence-electron chi connectivity index (χ0n) is 16.6. The van der Waals surface area contributed by atoms with Crippen molar-refractivity contribution < 1.29 is 14.3 Å². The second kappa shape index (κ2) is 9.68. The molecule has 5 nitrogen and oxygen atoms in total. The van der Waals surface area contributed by atoms with Gasteiger partial charge >= 0.3 is 5.97 Å². The standard InChI is InChI=1S/C24H20N2O3S/c1-3-29-24(28)21-20(18-7-5-4-6-8-18)15-30-23(21)26-22(27)19(14-25)13-17-11-9-16(2)10-12-17/h4-13,15H,3H2,1-2H3,(H,26,27)/b19-13-. The summed E-state index contributed by atoms with van der Waals surface area (Å²) >= 11 is 1.22. The second-order valence-electron chi connectivity index (χ2n) is 6.47. The third kappa shape index (κ3) is 4.83. The Bertz CT molecular complexity index is 1120. The number of carbonyl (C=O) groups is 2. The maximum Gasteiger partial charge on any atom is 0.341 e. The average Bonchev–Trinajstić information content (AvgIpc) is 3.17. The summed E-state index contributed by atoms with van der Waals surface area (Å²) in [6.45, 7) is 3.90. The number of rotatable bonds is 6. The molecule has 0 radical (unpaired) electrons. The molecule has 0 aliphatic rings. The quantitative estimate of drug-likeness (QED) is 0.329. The molecule has 0 fully saturated rings. The molecule has 0 aliphatic carbocycles. The van der Waals surface area contributed by atoms with Gasteiger partial charge in [-0.05, 0) is 31.1 Å². The Balaban J connectivity index is 1.94. The summed E-state index contributed by atoms with van der Waals surface area (Å²) in [5.74, 6) is -1.10. The first-order valence-corrected chi connectivity index (χ1v) is 10.2. The molecule has 3 aromatic rings. The van der Waals surface area contributed by atoms with Crippen LogP contribution in [0.25, 0.3) is 17.2 Å². The Morgan fingerprint density at radius 2 is 1.83 bits per heavy atom. The van der Waals surface area contributed by atoms with Crippen molar-refractivity contribution in [1.29, 1.82) is 5.26 Å². The molecule has 0 aliphatic heterocycles. The van der Waals surface area contributed by atoms with Gasteiger partial charge < -0.3 is 10.1 Å². The van der Waals surface area contributed by atoms with Crippen LogP contribution >= 0.6 is 11.3 Å². The lowest BCUT2D eigenvalue weighted by Gasteiger charge is -2.08. The number of ether oxygens (including phenoxy) is 1. The first-order valence-electron chi connectivity index (χ1n) is 9.37. The zero-order chi connectivity index (χ0) is 21.5. The average molecular weight is 417 g/mol. The molecule has 0 unspecified atom stereocenters. The predicted octanol–water partition coefficient (Wildman–Crippen LogP) is 5.45. The van der Waals surface area contributed by atoms with Gasteiger partial charge in [0.05, 0.1) is 6.61 Å². The van der Waals surface area contributed by atoms with Crippen LogP contribution in [-0.2, 0) is 9.53 Å². The summed E-state index contributed by atoms with van der Waals surface area (Å²) in [7, 11) is 0. The molecule has 1 amide bonds. The number of hydrogen-bond acceptors (Lipinski definition) is 5. The molecule has 1 heterocycles. The lowest BCUT2D eigenvalue weighted by atomic mass is 10.0. The van der Waals surface area contributed by atoms with Crippen LogP contribution in [-0.4, -0.2) is 18.5 Å². The summed E-state index contributed by atoms with van der Waals surface area (Å²) in [6.07, 6.45) is 1.52. The maximum atomic E-state index is 12.7. The molecule has 6 heteroatoms. The van der Waals surface area contributed by atoms with Crippen LogP contribution in [0.5, 0.6) is 0 Å². The summed E-state index contributed by atoms with van der Waals surface area (Å²) in [5, 5.41) is 14.3. The predicted molar refractivity (Wildman–Crippen MR) is 119 cm³/mol. The fourth-order valence-corrected chi connectivity index (χ4v) is 3.79. The molecule has 0 bridgehead atoms. The van der Waals surface area contributed by atoms with Gasteiger partial charge in [0.15, 0.2) is 0 Å². The van der Waals surface area contributed by atoms with E-state index in [0.29, 0.717) is 10.6 Å². The summed E-state index contributed by atoms with van der Waals surface area (Å²) in [6, 6.07) is 18.8. The third-order valence-corrected chi connectivity index (χ3v) is 5.23. The number of nitrogens with zero attached hydrogens (tertiary/aromatic N) is 1. The van der Waals surface area contributed by atoms with E-state index in [9.17, 15) is 14.9 Å². The van der Waals surface area contributed by atoms with E-state index in [1.807, 2.05) is 67.6 Å². The first kappa shape index (κ1) is 21.0. The number of esters is 1. The molecule has 0 atom stereocenters. The Morgan fingerprint density at radius 1 is 1.13 bits per heavy atom. The van der Waals surface area contributed by atoms with Crippen LogP contribution in [0.3, 0.4) is 0 Å². The molecule has 30 heavy (non-hydrogen) atoms. The Morgan fingerprint density at radius 3 is 2.47 bits per heavy atom. The number of nitriles is 1. The number of thiophene rings is 1. The van der Waals surface area contributed by atoms with Gasteiger partial charge in [0, 0.05) is 10.9 Å². The number of carbonyl (C=O) groups excluding carboxylic acids is 2. The van der Waals surface area contributed by atoms with Crippen LogP contribution < -0.4 is 5.32 Å². The Hall–Kier alpha value is -3.69. The van der Waals surface area contributed by atoms with Crippen molar-refractivity contribution in [1.82, 2.24) is 0 Å². The van der Waals surface area contributed by atoms with Crippen LogP contribution in [0.1, 0.15) is 28.4 Å². The van der Waals surface area contributed by atoms with Gasteiger partial charge in [-0.15, -0.1) is 11.3 Å². The minimum absolute atomic E-state index is 0.0525. The van der Waals surface area contributed by atoms with E-state index in [-0.39, 0.29) is 17.7 Å². The molecule has 0 saturated carbocycles. The molecule has 0 saturated heterocycles. The van der Waals surface area contributed by atoms with Gasteiger partial charge in [0.25, 0.3) is 5.91 Å². The Kier molecular flexibility index (Phi) is 6.79. The van der Waals surface area contributed by atoms with Crippen molar-refractivity contribution >= 4 is 34.3 Å². The maximum absolute atomic E-state index is 12.7. The number of aryl methyl sites for hydroxylation is 1. The minimum Gasteiger partial charge on any atom is -0.462 e. The summed E-state index contributed by atoms with van der Waals surface area (Å²) in [5.41, 5.74) is 3.58. The number of amides is 1. The first-order chi connectivity index (χ1) is 14.5. The van der Waals surface area contributed by atoms with Crippen LogP contribution in [0.2, 0.25) is 0 Å². The van der Waals surface area contributed by atoms with E-state index < -0.39 is 11.9 Å². The summed E-state index contributed by atoms with van der Waals surface area (Å²) < 4.78 is 5.20. The fraction of sp³-hybridized carbons (Fsp3) is 0.125. The van der Waals surface area contributed by atoms with Crippen molar-refractivity contribution in [3.8, 4) is 17.2 Å². The normalized spacial score (nSPS) is 10.9. The van der Waals surface area contributed by atoms with Gasteiger partial charge in [0.1, 0.15) is 22.2 Å². The van der Waals surface area contributed by atoms with Gasteiger partial charge in [-0.25, -0.2) is 4.79 Å². The van der Waals surface area contributed by atoms with Crippen molar-refractivity contribution in [2.75, 3.05) is 11.9 Å². The highest BCUT2D eigenvalue weighted by molar-refractivity contribution is 7.15. The SMILES string of the molecule is CCOC(=O)c1c(-c2ccccc2)csc1NC(=O)/C(C#N)=C\c1ccc(C)cc1. The highest BCUT2D eigenvalue weighted by Gasteiger charge is 2.23. The highest BCUT2D eigenvalue weighted by atomic mass is 32.1. The second-order valence-corrected chi connectivity index (χ2v) is 7.35. The van der Waals surface area contributed by atoms with E-state index in [4.69, 9.17) is 4.74 Å². The van der Waals surface area contributed by atoms with Gasteiger partial charge in [-0.2, -0.15) is 5.26 Å². The molecule has 2 aromatic carbocycles. The minimum atomic E-state index is -0.579. The number of anilines is 1. The van der Waals surface area contributed by atoms with Crippen molar-refractivity contribution in [3.05, 3.63) is 82.2 Å². The van der Waals surface area contributed by atoms with Gasteiger partial charge in [-0.3, -0.25) is 4.79 Å². The smallest absolute Gasteiger partial charge is 0.341 e. The van der Waals surface area contributed by atoms with E-state index >= 15 is 0 Å². The number of benzene rings is 2. The Labute approximate surface area is 179 Å². The van der Waals surface area contributed by atoms with E-state index in [1.54, 1.807) is 12.3 Å². The van der Waals surface area contributed by atoms with Crippen LogP contribution in [0.15, 0.2) is 65.6 Å². The van der Waals surface area contributed by atoms with Crippen molar-refractivity contribution in [2.24, 2.45) is 0 Å². The topological polar surface area (TPSA) is 79.2 Å². The molecule has 0 spiro atoms. The van der Waals surface area contributed by atoms with E-state index in [1.165, 1.54) is 17.4 Å². The molecule has 1 N–H and O–H groups in total. The van der Waals surface area contributed by atoms with Gasteiger partial charge in [-0.1, -0.05) is 60.2 Å². The third-order valence-electron chi connectivity index (χ3n) is 4.34. The lowest BCUT2D eigenvalue weighted by Crippen LogP contribution is -2.16. The monoisotopic (exact) mass is 416 g/mol. The summed E-state index contributed by atoms with van der Waals surface area (Å²) in [4.78, 5) is 25.4. The van der Waals surface area contributed by atoms with Crippen LogP contribution in [0, 0.1) is 18.3 Å². The zero-order valence-corrected chi connectivity index (χ0v) is 17.5. The van der Waals surface area contributed by atoms with Crippen molar-refractivity contribution in [3.63, 3.8) is 0 Å². The lowest BCUT2D eigenvalue weighted by molar-refractivity contribution is -0.112. The highest BCUT2D eigenvalue weighted by Crippen LogP contribution is 2.36. The molecular formula is C24H20N2O3S. The van der Waals surface area contributed by atoms with Gasteiger partial charge in [0.2, 0.25) is 0 Å². The largest absolute Gasteiger partial charge is 0.462 e. The fourth-order valence-electron chi connectivity index (χ4n) is 2.83. The van der Waals surface area contributed by atoms with Crippen molar-refractivity contribution in [2.45, 2.75) is 13.8 Å². The number of nitrogens with one attached hydrogen (secondary N) is 1. The molecule has 1 aromatic heterocycles. The number of hydrogen-bond donors (Lipinski definition) is 1.